The molecule has 2 heterocycles. The molecule has 1 spiro atoms. The Kier molecular flexibility index (Phi) is 5.68. The van der Waals surface area contributed by atoms with Crippen LogP contribution >= 0.6 is 0 Å². The van der Waals surface area contributed by atoms with Crippen LogP contribution in [0, 0.1) is 5.41 Å². The normalized spacial score (nSPS) is 24.5. The van der Waals surface area contributed by atoms with Crippen LogP contribution in [0.1, 0.15) is 50.1 Å². The molecule has 0 radical (unpaired) electrons. The Morgan fingerprint density at radius 3 is 2.50 bits per heavy atom. The summed E-state index contributed by atoms with van der Waals surface area (Å²) in [5, 5.41) is 14.3. The quantitative estimate of drug-likeness (QED) is 0.628. The van der Waals surface area contributed by atoms with E-state index in [0.29, 0.717) is 32.5 Å². The fourth-order valence-corrected chi connectivity index (χ4v) is 3.95. The van der Waals surface area contributed by atoms with Crippen LogP contribution in [0.5, 0.6) is 5.75 Å². The van der Waals surface area contributed by atoms with Gasteiger partial charge in [0.15, 0.2) is 0 Å². The van der Waals surface area contributed by atoms with Gasteiger partial charge in [0.05, 0.1) is 19.3 Å². The summed E-state index contributed by atoms with van der Waals surface area (Å²) in [7, 11) is 0. The molecule has 1 N–H and O–H groups in total. The van der Waals surface area contributed by atoms with Crippen molar-refractivity contribution in [1.29, 1.82) is 0 Å². The number of benzene rings is 1. The van der Waals surface area contributed by atoms with Crippen LogP contribution < -0.4 is 44.7 Å². The molecule has 0 bridgehead atoms. The van der Waals surface area contributed by atoms with Gasteiger partial charge in [0, 0.05) is 42.6 Å². The fourth-order valence-electron chi connectivity index (χ4n) is 3.95. The van der Waals surface area contributed by atoms with Gasteiger partial charge in [-0.1, -0.05) is 18.2 Å². The maximum absolute atomic E-state index is 12.5. The molecular formula is C19H22NNaO5. The van der Waals surface area contributed by atoms with E-state index in [2.05, 4.69) is 5.32 Å². The Hall–Kier alpha value is -1.08. The summed E-state index contributed by atoms with van der Waals surface area (Å²) in [5.74, 6) is -0.552. The van der Waals surface area contributed by atoms with E-state index in [4.69, 9.17) is 9.47 Å². The first-order valence-corrected chi connectivity index (χ1v) is 8.89. The number of aliphatic carboxylic acids is 1. The number of carbonyl (C=O) groups excluding carboxylic acids is 2. The van der Waals surface area contributed by atoms with Gasteiger partial charge in [-0.2, -0.15) is 0 Å². The van der Waals surface area contributed by atoms with E-state index in [1.807, 2.05) is 24.3 Å². The molecule has 3 aliphatic rings. The largest absolute Gasteiger partial charge is 1.00 e. The van der Waals surface area contributed by atoms with Crippen molar-refractivity contribution in [2.75, 3.05) is 13.2 Å². The number of carbonyl (C=O) groups is 2. The fraction of sp³-hybridized carbons (Fsp3) is 0.579. The summed E-state index contributed by atoms with van der Waals surface area (Å²) < 4.78 is 11.8. The van der Waals surface area contributed by atoms with Gasteiger partial charge in [-0.3, -0.25) is 4.79 Å². The minimum absolute atomic E-state index is 0. The molecule has 134 valence electrons. The maximum atomic E-state index is 12.5. The Bertz CT molecular complexity index is 697. The van der Waals surface area contributed by atoms with E-state index in [1.54, 1.807) is 0 Å². The number of rotatable bonds is 4. The molecule has 1 saturated carbocycles. The summed E-state index contributed by atoms with van der Waals surface area (Å²) in [5.41, 5.74) is -0.326. The van der Waals surface area contributed by atoms with Crippen molar-refractivity contribution < 1.29 is 53.7 Å². The number of hydrogen-bond donors (Lipinski definition) is 1. The zero-order chi connectivity index (χ0) is 17.5. The van der Waals surface area contributed by atoms with E-state index in [0.717, 1.165) is 24.2 Å². The van der Waals surface area contributed by atoms with Crippen LogP contribution in [0.25, 0.3) is 0 Å². The number of carboxylic acids is 1. The third-order valence-corrected chi connectivity index (χ3v) is 5.72. The number of carboxylic acid groups (broad SMARTS) is 1. The molecule has 1 atom stereocenters. The van der Waals surface area contributed by atoms with Crippen LogP contribution in [-0.4, -0.2) is 30.7 Å². The van der Waals surface area contributed by atoms with E-state index < -0.39 is 11.4 Å². The molecule has 0 aromatic heterocycles. The van der Waals surface area contributed by atoms with Crippen molar-refractivity contribution in [1.82, 2.24) is 5.32 Å². The van der Waals surface area contributed by atoms with Crippen molar-refractivity contribution >= 4 is 11.9 Å². The van der Waals surface area contributed by atoms with Gasteiger partial charge in [0.25, 0.3) is 0 Å². The molecule has 1 unspecified atom stereocenters. The predicted octanol–water partition coefficient (Wildman–Crippen LogP) is -1.90. The maximum Gasteiger partial charge on any atom is 1.00 e. The van der Waals surface area contributed by atoms with Crippen molar-refractivity contribution in [2.45, 2.75) is 50.2 Å². The average Bonchev–Trinajstić information content (AvgIpc) is 3.36. The molecule has 1 aromatic rings. The van der Waals surface area contributed by atoms with Crippen molar-refractivity contribution in [3.63, 3.8) is 0 Å². The van der Waals surface area contributed by atoms with Crippen LogP contribution in [0.4, 0.5) is 0 Å². The Morgan fingerprint density at radius 1 is 1.15 bits per heavy atom. The number of fused-ring (bicyclic) bond motifs is 1. The number of nitrogens with one attached hydrogen (secondary N) is 1. The standard InChI is InChI=1S/C19H23NO5.Na/c21-16(12-18(5-6-18)17(22)23)20-14-11-19(7-9-24-10-8-19)25-15-4-2-1-3-13(14)15;/h1-4,14H,5-12H2,(H,20,21)(H,22,23);/q;+1/p-1. The van der Waals surface area contributed by atoms with Gasteiger partial charge in [-0.15, -0.1) is 0 Å². The molecule has 1 saturated heterocycles. The predicted molar refractivity (Wildman–Crippen MR) is 86.6 cm³/mol. The third kappa shape index (κ3) is 3.79. The van der Waals surface area contributed by atoms with Gasteiger partial charge in [-0.05, 0) is 18.9 Å². The van der Waals surface area contributed by atoms with Gasteiger partial charge < -0.3 is 24.7 Å². The van der Waals surface area contributed by atoms with Crippen LogP contribution in [0.15, 0.2) is 24.3 Å². The number of amides is 1. The van der Waals surface area contributed by atoms with Crippen molar-refractivity contribution in [3.05, 3.63) is 29.8 Å². The third-order valence-electron chi connectivity index (χ3n) is 5.72. The average molecular weight is 367 g/mol. The summed E-state index contributed by atoms with van der Waals surface area (Å²) in [4.78, 5) is 23.7. The van der Waals surface area contributed by atoms with E-state index in [-0.39, 0.29) is 53.5 Å². The second-order valence-corrected chi connectivity index (χ2v) is 7.50. The molecule has 2 fully saturated rings. The Balaban J connectivity index is 0.00000196. The summed E-state index contributed by atoms with van der Waals surface area (Å²) in [6, 6.07) is 7.55. The second-order valence-electron chi connectivity index (χ2n) is 7.50. The Labute approximate surface area is 174 Å². The number of hydrogen-bond acceptors (Lipinski definition) is 5. The smallest absolute Gasteiger partial charge is 0.550 e. The molecule has 1 aromatic carbocycles. The monoisotopic (exact) mass is 367 g/mol. The number of para-hydroxylation sites is 1. The zero-order valence-electron chi connectivity index (χ0n) is 15.1. The van der Waals surface area contributed by atoms with E-state index in [9.17, 15) is 14.7 Å². The van der Waals surface area contributed by atoms with Crippen molar-refractivity contribution in [3.8, 4) is 5.75 Å². The first kappa shape index (κ1) is 19.7. The summed E-state index contributed by atoms with van der Waals surface area (Å²) in [6.07, 6.45) is 3.29. The van der Waals surface area contributed by atoms with E-state index >= 15 is 0 Å². The molecule has 2 aliphatic heterocycles. The minimum atomic E-state index is -1.11. The van der Waals surface area contributed by atoms with Crippen molar-refractivity contribution in [2.24, 2.45) is 5.41 Å². The van der Waals surface area contributed by atoms with E-state index in [1.165, 1.54) is 0 Å². The zero-order valence-corrected chi connectivity index (χ0v) is 17.1. The first-order chi connectivity index (χ1) is 12.0. The summed E-state index contributed by atoms with van der Waals surface area (Å²) in [6.45, 7) is 1.30. The molecule has 7 heteroatoms. The summed E-state index contributed by atoms with van der Waals surface area (Å²) >= 11 is 0. The van der Waals surface area contributed by atoms with Gasteiger partial charge in [0.1, 0.15) is 11.4 Å². The van der Waals surface area contributed by atoms with Gasteiger partial charge in [-0.25, -0.2) is 0 Å². The van der Waals surface area contributed by atoms with Crippen LogP contribution in [-0.2, 0) is 14.3 Å². The second kappa shape index (κ2) is 7.50. The van der Waals surface area contributed by atoms with Crippen LogP contribution in [0.3, 0.4) is 0 Å². The SMILES string of the molecule is O=C(CC1(C(=O)[O-])CC1)NC1CC2(CCOCC2)Oc2ccccc21.[Na+]. The molecule has 4 rings (SSSR count). The molecular weight excluding hydrogens is 345 g/mol. The molecule has 1 aliphatic carbocycles. The molecule has 26 heavy (non-hydrogen) atoms. The first-order valence-electron chi connectivity index (χ1n) is 8.89. The topological polar surface area (TPSA) is 87.7 Å². The minimum Gasteiger partial charge on any atom is -0.550 e. The number of ether oxygens (including phenoxy) is 2. The van der Waals surface area contributed by atoms with Gasteiger partial charge >= 0.3 is 29.6 Å². The van der Waals surface area contributed by atoms with Crippen LogP contribution in [0.2, 0.25) is 0 Å². The van der Waals surface area contributed by atoms with Gasteiger partial charge in [0.2, 0.25) is 5.91 Å². The Morgan fingerprint density at radius 2 is 1.85 bits per heavy atom. The molecule has 1 amide bonds. The molecule has 6 nitrogen and oxygen atoms in total.